The molecule has 32 heavy (non-hydrogen) atoms. The van der Waals surface area contributed by atoms with Gasteiger partial charge in [-0.25, -0.2) is 4.98 Å². The summed E-state index contributed by atoms with van der Waals surface area (Å²) in [5, 5.41) is 8.22. The average Bonchev–Trinajstić information content (AvgIpc) is 3.08. The molecule has 1 atom stereocenters. The summed E-state index contributed by atoms with van der Waals surface area (Å²) in [5.41, 5.74) is 3.30. The Morgan fingerprint density at radius 1 is 1.22 bits per heavy atom. The SMILES string of the molecule is CCC(CC)NC(=O)C1CN(C(=O)c2cc(C)nc3c2c(C)nn3C)c2ccccc2O1. The summed E-state index contributed by atoms with van der Waals surface area (Å²) >= 11 is 0. The molecule has 0 saturated heterocycles. The first-order chi connectivity index (χ1) is 15.3. The smallest absolute Gasteiger partial charge is 0.263 e. The molecule has 0 saturated carbocycles. The van der Waals surface area contributed by atoms with Gasteiger partial charge in [0.15, 0.2) is 11.8 Å². The summed E-state index contributed by atoms with van der Waals surface area (Å²) in [6, 6.07) is 9.18. The van der Waals surface area contributed by atoms with Gasteiger partial charge < -0.3 is 15.0 Å². The van der Waals surface area contributed by atoms with Gasteiger partial charge in [0.2, 0.25) is 0 Å². The molecular formula is C24H29N5O3. The van der Waals surface area contributed by atoms with Gasteiger partial charge in [-0.2, -0.15) is 5.10 Å². The van der Waals surface area contributed by atoms with E-state index in [0.717, 1.165) is 29.6 Å². The number of ether oxygens (including phenoxy) is 1. The lowest BCUT2D eigenvalue weighted by Crippen LogP contribution is -2.52. The van der Waals surface area contributed by atoms with Crippen molar-refractivity contribution in [2.45, 2.75) is 52.7 Å². The lowest BCUT2D eigenvalue weighted by molar-refractivity contribution is -0.128. The minimum atomic E-state index is -0.789. The number of carbonyl (C=O) groups is 2. The number of aryl methyl sites for hydroxylation is 3. The van der Waals surface area contributed by atoms with Gasteiger partial charge in [0, 0.05) is 18.8 Å². The maximum atomic E-state index is 13.9. The number of nitrogens with one attached hydrogen (secondary N) is 1. The Labute approximate surface area is 187 Å². The number of hydrogen-bond acceptors (Lipinski definition) is 5. The van der Waals surface area contributed by atoms with Crippen LogP contribution in [-0.2, 0) is 11.8 Å². The van der Waals surface area contributed by atoms with Gasteiger partial charge in [0.1, 0.15) is 5.75 Å². The van der Waals surface area contributed by atoms with E-state index in [0.29, 0.717) is 22.6 Å². The van der Waals surface area contributed by atoms with Crippen molar-refractivity contribution in [3.63, 3.8) is 0 Å². The fraction of sp³-hybridized carbons (Fsp3) is 0.417. The molecule has 2 aromatic heterocycles. The van der Waals surface area contributed by atoms with E-state index in [9.17, 15) is 9.59 Å². The molecule has 3 aromatic rings. The van der Waals surface area contributed by atoms with Crippen LogP contribution in [0.2, 0.25) is 0 Å². The Balaban J connectivity index is 1.75. The normalized spacial score (nSPS) is 15.6. The molecule has 1 unspecified atom stereocenters. The third-order valence-electron chi connectivity index (χ3n) is 5.97. The first kappa shape index (κ1) is 21.8. The second-order valence-corrected chi connectivity index (χ2v) is 8.23. The number of anilines is 1. The number of hydrogen-bond donors (Lipinski definition) is 1. The van der Waals surface area contributed by atoms with Crippen LogP contribution in [0, 0.1) is 13.8 Å². The molecule has 0 radical (unpaired) electrons. The number of rotatable bonds is 5. The Morgan fingerprint density at radius 2 is 1.94 bits per heavy atom. The second-order valence-electron chi connectivity index (χ2n) is 8.23. The molecule has 0 spiro atoms. The van der Waals surface area contributed by atoms with Crippen LogP contribution < -0.4 is 15.0 Å². The van der Waals surface area contributed by atoms with Gasteiger partial charge in [-0.3, -0.25) is 14.3 Å². The average molecular weight is 436 g/mol. The first-order valence-electron chi connectivity index (χ1n) is 11.0. The summed E-state index contributed by atoms with van der Waals surface area (Å²) in [4.78, 5) is 33.0. The monoisotopic (exact) mass is 435 g/mol. The highest BCUT2D eigenvalue weighted by Crippen LogP contribution is 2.35. The first-order valence-corrected chi connectivity index (χ1v) is 11.0. The van der Waals surface area contributed by atoms with Gasteiger partial charge >= 0.3 is 0 Å². The van der Waals surface area contributed by atoms with E-state index in [-0.39, 0.29) is 24.4 Å². The molecule has 168 valence electrons. The van der Waals surface area contributed by atoms with E-state index in [1.165, 1.54) is 0 Å². The Hall–Kier alpha value is -3.42. The van der Waals surface area contributed by atoms with Gasteiger partial charge in [-0.15, -0.1) is 0 Å². The number of fused-ring (bicyclic) bond motifs is 2. The molecule has 1 aliphatic heterocycles. The molecule has 1 N–H and O–H groups in total. The standard InChI is InChI=1S/C24H29N5O3/c1-6-16(7-2)26-23(30)20-13-29(18-10-8-9-11-19(18)32-20)24(31)17-12-14(3)25-22-21(17)15(4)27-28(22)5/h8-12,16,20H,6-7,13H2,1-5H3,(H,26,30). The van der Waals surface area contributed by atoms with E-state index in [4.69, 9.17) is 4.74 Å². The van der Waals surface area contributed by atoms with Crippen molar-refractivity contribution in [2.75, 3.05) is 11.4 Å². The molecule has 0 fully saturated rings. The van der Waals surface area contributed by atoms with Crippen LogP contribution in [0.25, 0.3) is 11.0 Å². The molecule has 3 heterocycles. The van der Waals surface area contributed by atoms with Crippen molar-refractivity contribution in [3.05, 3.63) is 47.3 Å². The van der Waals surface area contributed by atoms with Gasteiger partial charge in [0.25, 0.3) is 11.8 Å². The van der Waals surface area contributed by atoms with Crippen LogP contribution in [0.1, 0.15) is 48.4 Å². The topological polar surface area (TPSA) is 89.4 Å². The van der Waals surface area contributed by atoms with Gasteiger partial charge in [-0.05, 0) is 44.9 Å². The van der Waals surface area contributed by atoms with E-state index in [2.05, 4.69) is 15.4 Å². The van der Waals surface area contributed by atoms with Crippen molar-refractivity contribution in [3.8, 4) is 5.75 Å². The number of carbonyl (C=O) groups excluding carboxylic acids is 2. The predicted octanol–water partition coefficient (Wildman–Crippen LogP) is 3.30. The van der Waals surface area contributed by atoms with Gasteiger partial charge in [-0.1, -0.05) is 26.0 Å². The Kier molecular flexibility index (Phi) is 5.86. The maximum Gasteiger partial charge on any atom is 0.263 e. The van der Waals surface area contributed by atoms with Crippen LogP contribution >= 0.6 is 0 Å². The largest absolute Gasteiger partial charge is 0.477 e. The van der Waals surface area contributed by atoms with E-state index in [1.807, 2.05) is 52.9 Å². The van der Waals surface area contributed by atoms with Crippen LogP contribution in [0.4, 0.5) is 5.69 Å². The van der Waals surface area contributed by atoms with E-state index in [1.54, 1.807) is 21.7 Å². The summed E-state index contributed by atoms with van der Waals surface area (Å²) in [6.07, 6.45) is 0.883. The van der Waals surface area contributed by atoms with Crippen LogP contribution in [0.5, 0.6) is 5.75 Å². The third-order valence-corrected chi connectivity index (χ3v) is 5.97. The quantitative estimate of drug-likeness (QED) is 0.664. The number of benzene rings is 1. The summed E-state index contributed by atoms with van der Waals surface area (Å²) in [5.74, 6) is 0.106. The molecule has 8 heteroatoms. The zero-order valence-corrected chi connectivity index (χ0v) is 19.2. The number of pyridine rings is 1. The minimum absolute atomic E-state index is 0.0768. The molecule has 2 amide bonds. The van der Waals surface area contributed by atoms with E-state index < -0.39 is 6.10 Å². The van der Waals surface area contributed by atoms with Crippen molar-refractivity contribution in [2.24, 2.45) is 7.05 Å². The highest BCUT2D eigenvalue weighted by atomic mass is 16.5. The fourth-order valence-electron chi connectivity index (χ4n) is 4.23. The summed E-state index contributed by atoms with van der Waals surface area (Å²) in [7, 11) is 1.82. The molecule has 4 rings (SSSR count). The van der Waals surface area contributed by atoms with Crippen molar-refractivity contribution in [1.82, 2.24) is 20.1 Å². The van der Waals surface area contributed by atoms with Crippen molar-refractivity contribution >= 4 is 28.5 Å². The fourth-order valence-corrected chi connectivity index (χ4v) is 4.23. The molecule has 0 bridgehead atoms. The second kappa shape index (κ2) is 8.61. The Morgan fingerprint density at radius 3 is 2.66 bits per heavy atom. The highest BCUT2D eigenvalue weighted by molar-refractivity contribution is 6.15. The number of amides is 2. The third kappa shape index (κ3) is 3.81. The lowest BCUT2D eigenvalue weighted by atomic mass is 10.1. The molecule has 1 aromatic carbocycles. The van der Waals surface area contributed by atoms with Gasteiger partial charge in [0.05, 0.1) is 28.9 Å². The summed E-state index contributed by atoms with van der Waals surface area (Å²) in [6.45, 7) is 7.93. The molecule has 1 aliphatic rings. The molecule has 0 aliphatic carbocycles. The van der Waals surface area contributed by atoms with Crippen molar-refractivity contribution < 1.29 is 14.3 Å². The zero-order chi connectivity index (χ0) is 23.0. The number of aromatic nitrogens is 3. The maximum absolute atomic E-state index is 13.9. The molecular weight excluding hydrogens is 406 g/mol. The summed E-state index contributed by atoms with van der Waals surface area (Å²) < 4.78 is 7.69. The number of para-hydroxylation sites is 2. The lowest BCUT2D eigenvalue weighted by Gasteiger charge is -2.35. The van der Waals surface area contributed by atoms with Crippen LogP contribution in [-0.4, -0.2) is 45.3 Å². The highest BCUT2D eigenvalue weighted by Gasteiger charge is 2.35. The minimum Gasteiger partial charge on any atom is -0.477 e. The van der Waals surface area contributed by atoms with Crippen LogP contribution in [0.15, 0.2) is 30.3 Å². The van der Waals surface area contributed by atoms with E-state index >= 15 is 0 Å². The zero-order valence-electron chi connectivity index (χ0n) is 19.2. The van der Waals surface area contributed by atoms with Crippen LogP contribution in [0.3, 0.4) is 0 Å². The number of nitrogens with zero attached hydrogens (tertiary/aromatic N) is 4. The Bertz CT molecular complexity index is 1180. The molecule has 8 nitrogen and oxygen atoms in total. The predicted molar refractivity (Wildman–Crippen MR) is 123 cm³/mol. The van der Waals surface area contributed by atoms with Crippen molar-refractivity contribution in [1.29, 1.82) is 0 Å².